The van der Waals surface area contributed by atoms with Gasteiger partial charge < -0.3 is 19.3 Å². The maximum absolute atomic E-state index is 9.24. The van der Waals surface area contributed by atoms with E-state index in [0.717, 1.165) is 16.8 Å². The number of hydroxylamine groups is 1. The first-order chi connectivity index (χ1) is 9.28. The second-order valence-electron chi connectivity index (χ2n) is 4.28. The van der Waals surface area contributed by atoms with Crippen molar-refractivity contribution in [1.82, 2.24) is 5.48 Å². The Labute approximate surface area is 110 Å². The van der Waals surface area contributed by atoms with Crippen LogP contribution < -0.4 is 19.7 Å². The van der Waals surface area contributed by atoms with Crippen LogP contribution in [0.2, 0.25) is 0 Å². The second-order valence-corrected chi connectivity index (χ2v) is 4.28. The number of benzene rings is 1. The normalized spacial score (nSPS) is 20.3. The molecule has 0 saturated carbocycles. The molecule has 0 radical (unpaired) electrons. The lowest BCUT2D eigenvalue weighted by Crippen LogP contribution is -2.21. The maximum Gasteiger partial charge on any atom is 0.164 e. The van der Waals surface area contributed by atoms with Crippen molar-refractivity contribution in [1.29, 1.82) is 0 Å². The van der Waals surface area contributed by atoms with Crippen LogP contribution in [0.3, 0.4) is 0 Å². The van der Waals surface area contributed by atoms with Crippen molar-refractivity contribution in [2.45, 2.75) is 6.10 Å². The van der Waals surface area contributed by atoms with Gasteiger partial charge in [-0.15, -0.1) is 0 Å². The second kappa shape index (κ2) is 4.64. The average molecular weight is 265 g/mol. The van der Waals surface area contributed by atoms with Gasteiger partial charge in [-0.2, -0.15) is 0 Å². The van der Waals surface area contributed by atoms with Crippen molar-refractivity contribution >= 4 is 5.70 Å². The first-order valence-electron chi connectivity index (χ1n) is 5.93. The maximum atomic E-state index is 9.24. The van der Waals surface area contributed by atoms with E-state index < -0.39 is 0 Å². The van der Waals surface area contributed by atoms with Crippen LogP contribution >= 0.6 is 0 Å². The topological polar surface area (TPSA) is 69.2 Å². The van der Waals surface area contributed by atoms with Gasteiger partial charge in [0, 0.05) is 17.2 Å². The predicted molar refractivity (Wildman–Crippen MR) is 67.1 cm³/mol. The number of hydrogen-bond donors (Lipinski definition) is 2. The molecule has 2 heterocycles. The molecule has 0 bridgehead atoms. The molecule has 19 heavy (non-hydrogen) atoms. The molecule has 3 rings (SSSR count). The van der Waals surface area contributed by atoms with Crippen LogP contribution in [0.15, 0.2) is 17.7 Å². The molecule has 2 aliphatic heterocycles. The van der Waals surface area contributed by atoms with Gasteiger partial charge in [-0.25, -0.2) is 0 Å². The van der Waals surface area contributed by atoms with E-state index in [2.05, 4.69) is 5.48 Å². The van der Waals surface area contributed by atoms with E-state index >= 15 is 0 Å². The molecule has 1 aromatic rings. The van der Waals surface area contributed by atoms with Crippen molar-refractivity contribution in [2.24, 2.45) is 0 Å². The van der Waals surface area contributed by atoms with Crippen LogP contribution in [0.1, 0.15) is 5.56 Å². The van der Waals surface area contributed by atoms with E-state index in [0.29, 0.717) is 23.9 Å². The summed E-state index contributed by atoms with van der Waals surface area (Å²) in [6.07, 6.45) is -0.365. The molecule has 0 fully saturated rings. The van der Waals surface area contributed by atoms with Gasteiger partial charge in [0.1, 0.15) is 18.5 Å². The van der Waals surface area contributed by atoms with Crippen LogP contribution in [0.5, 0.6) is 17.2 Å². The summed E-state index contributed by atoms with van der Waals surface area (Å²) in [5, 5.41) is 9.24. The lowest BCUT2D eigenvalue weighted by atomic mass is 10.0. The van der Waals surface area contributed by atoms with Crippen molar-refractivity contribution < 1.29 is 24.2 Å². The molecule has 6 heteroatoms. The van der Waals surface area contributed by atoms with E-state index in [9.17, 15) is 5.11 Å². The van der Waals surface area contributed by atoms with Crippen LogP contribution in [-0.2, 0) is 4.84 Å². The Kier molecular flexibility index (Phi) is 2.96. The van der Waals surface area contributed by atoms with Crippen molar-refractivity contribution in [3.63, 3.8) is 0 Å². The lowest BCUT2D eigenvalue weighted by Gasteiger charge is -2.21. The van der Waals surface area contributed by atoms with Crippen molar-refractivity contribution in [2.75, 3.05) is 27.4 Å². The molecule has 1 unspecified atom stereocenters. The molecular formula is C13H15NO5. The van der Waals surface area contributed by atoms with E-state index in [-0.39, 0.29) is 12.7 Å². The summed E-state index contributed by atoms with van der Waals surface area (Å²) in [5.74, 6) is 1.93. The Bertz CT molecular complexity index is 540. The summed E-state index contributed by atoms with van der Waals surface area (Å²) < 4.78 is 16.2. The smallest absolute Gasteiger partial charge is 0.164 e. The first kappa shape index (κ1) is 12.1. The average Bonchev–Trinajstić information content (AvgIpc) is 2.88. The largest absolute Gasteiger partial charge is 0.493 e. The van der Waals surface area contributed by atoms with Gasteiger partial charge in [0.2, 0.25) is 0 Å². The van der Waals surface area contributed by atoms with Crippen molar-refractivity contribution in [3.8, 4) is 17.2 Å². The Morgan fingerprint density at radius 3 is 2.74 bits per heavy atom. The van der Waals surface area contributed by atoms with Crippen LogP contribution in [0.4, 0.5) is 0 Å². The molecule has 2 aliphatic rings. The first-order valence-corrected chi connectivity index (χ1v) is 5.93. The number of fused-ring (bicyclic) bond motifs is 2. The summed E-state index contributed by atoms with van der Waals surface area (Å²) in [6.45, 7) is 0.299. The van der Waals surface area contributed by atoms with Crippen LogP contribution in [-0.4, -0.2) is 38.6 Å². The zero-order valence-corrected chi connectivity index (χ0v) is 10.7. The SMILES string of the molecule is COc1cc2c(cc1OC)C1=C(CO2)C(CO)ON1. The number of methoxy groups -OCH3 is 2. The predicted octanol–water partition coefficient (Wildman–Crippen LogP) is 0.703. The molecule has 0 saturated heterocycles. The highest BCUT2D eigenvalue weighted by atomic mass is 16.7. The Morgan fingerprint density at radius 1 is 1.32 bits per heavy atom. The van der Waals surface area contributed by atoms with Gasteiger partial charge in [-0.05, 0) is 6.07 Å². The number of nitrogens with one attached hydrogen (secondary N) is 1. The zero-order chi connectivity index (χ0) is 13.4. The molecular weight excluding hydrogens is 250 g/mol. The van der Waals surface area contributed by atoms with Gasteiger partial charge in [0.15, 0.2) is 11.5 Å². The standard InChI is InChI=1S/C13H15NO5/c1-16-10-3-7-9(4-11(10)17-2)18-6-8-12(5-15)19-14-13(7)8/h3-4,12,14-15H,5-6H2,1-2H3. The van der Waals surface area contributed by atoms with E-state index in [1.54, 1.807) is 20.3 Å². The molecule has 6 nitrogen and oxygen atoms in total. The van der Waals surface area contributed by atoms with Crippen LogP contribution in [0.25, 0.3) is 5.70 Å². The summed E-state index contributed by atoms with van der Waals surface area (Å²) in [6, 6.07) is 3.62. The zero-order valence-electron chi connectivity index (χ0n) is 10.7. The number of ether oxygens (including phenoxy) is 3. The summed E-state index contributed by atoms with van der Waals surface area (Å²) in [4.78, 5) is 5.31. The highest BCUT2D eigenvalue weighted by molar-refractivity contribution is 5.77. The fourth-order valence-corrected chi connectivity index (χ4v) is 2.30. The van der Waals surface area contributed by atoms with E-state index in [1.807, 2.05) is 6.07 Å². The molecule has 1 aromatic carbocycles. The third kappa shape index (κ3) is 1.80. The third-order valence-corrected chi connectivity index (χ3v) is 3.32. The molecule has 1 atom stereocenters. The molecule has 0 amide bonds. The summed E-state index contributed by atoms with van der Waals surface area (Å²) in [5.41, 5.74) is 5.43. The summed E-state index contributed by atoms with van der Waals surface area (Å²) in [7, 11) is 3.16. The molecule has 0 spiro atoms. The summed E-state index contributed by atoms with van der Waals surface area (Å²) >= 11 is 0. The van der Waals surface area contributed by atoms with Gasteiger partial charge in [-0.1, -0.05) is 0 Å². The monoisotopic (exact) mass is 265 g/mol. The van der Waals surface area contributed by atoms with Crippen molar-refractivity contribution in [3.05, 3.63) is 23.3 Å². The fraction of sp³-hybridized carbons (Fsp3) is 0.385. The minimum atomic E-state index is -0.365. The number of aliphatic hydroxyl groups is 1. The number of rotatable bonds is 3. The number of aliphatic hydroxyl groups excluding tert-OH is 1. The highest BCUT2D eigenvalue weighted by Crippen LogP contribution is 2.42. The molecule has 0 aliphatic carbocycles. The fourth-order valence-electron chi connectivity index (χ4n) is 2.30. The molecule has 0 aromatic heterocycles. The van der Waals surface area contributed by atoms with Gasteiger partial charge in [0.25, 0.3) is 0 Å². The third-order valence-electron chi connectivity index (χ3n) is 3.32. The minimum absolute atomic E-state index is 0.0855. The van der Waals surface area contributed by atoms with Gasteiger partial charge >= 0.3 is 0 Å². The van der Waals surface area contributed by atoms with Crippen LogP contribution in [0, 0.1) is 0 Å². The highest BCUT2D eigenvalue weighted by Gasteiger charge is 2.33. The minimum Gasteiger partial charge on any atom is -0.493 e. The quantitative estimate of drug-likeness (QED) is 0.838. The Balaban J connectivity index is 2.09. The molecule has 102 valence electrons. The molecule has 2 N–H and O–H groups in total. The lowest BCUT2D eigenvalue weighted by molar-refractivity contribution is 0.0105. The Morgan fingerprint density at radius 2 is 2.05 bits per heavy atom. The van der Waals surface area contributed by atoms with Gasteiger partial charge in [-0.3, -0.25) is 10.3 Å². The van der Waals surface area contributed by atoms with E-state index in [1.165, 1.54) is 0 Å². The number of hydrogen-bond acceptors (Lipinski definition) is 6. The Hall–Kier alpha value is -1.92. The van der Waals surface area contributed by atoms with Gasteiger partial charge in [0.05, 0.1) is 26.5 Å². The van der Waals surface area contributed by atoms with E-state index in [4.69, 9.17) is 19.0 Å².